The van der Waals surface area contributed by atoms with Crippen LogP contribution in [-0.4, -0.2) is 52.7 Å². The van der Waals surface area contributed by atoms with E-state index in [0.29, 0.717) is 12.4 Å². The number of nitrogens with zero attached hydrogens (tertiary/aromatic N) is 3. The van der Waals surface area contributed by atoms with E-state index >= 15 is 0 Å². The van der Waals surface area contributed by atoms with Crippen LogP contribution in [-0.2, 0) is 0 Å². The lowest BCUT2D eigenvalue weighted by Gasteiger charge is -2.37. The molecule has 1 saturated heterocycles. The van der Waals surface area contributed by atoms with Gasteiger partial charge in [-0.1, -0.05) is 6.92 Å². The Hall–Kier alpha value is -1.43. The van der Waals surface area contributed by atoms with E-state index in [4.69, 9.17) is 0 Å². The third-order valence-electron chi connectivity index (χ3n) is 3.67. The van der Waals surface area contributed by atoms with Crippen LogP contribution in [0.5, 0.6) is 0 Å². The minimum atomic E-state index is -0.195. The summed E-state index contributed by atoms with van der Waals surface area (Å²) in [5.74, 6) is 0.689. The van der Waals surface area contributed by atoms with Gasteiger partial charge in [0.2, 0.25) is 5.82 Å². The van der Waals surface area contributed by atoms with Crippen molar-refractivity contribution in [1.82, 2.24) is 25.4 Å². The summed E-state index contributed by atoms with van der Waals surface area (Å²) in [6.07, 6.45) is 2.22. The van der Waals surface area contributed by atoms with Gasteiger partial charge in [0, 0.05) is 6.54 Å². The van der Waals surface area contributed by atoms with Crippen molar-refractivity contribution >= 4 is 5.91 Å². The predicted molar refractivity (Wildman–Crippen MR) is 68.3 cm³/mol. The first-order valence-corrected chi connectivity index (χ1v) is 6.34. The lowest BCUT2D eigenvalue weighted by atomic mass is 9.80. The summed E-state index contributed by atoms with van der Waals surface area (Å²) in [6.45, 7) is 6.87. The Morgan fingerprint density at radius 3 is 2.72 bits per heavy atom. The summed E-state index contributed by atoms with van der Waals surface area (Å²) < 4.78 is 0. The maximum atomic E-state index is 11.8. The van der Waals surface area contributed by atoms with Crippen molar-refractivity contribution in [2.75, 3.05) is 26.7 Å². The van der Waals surface area contributed by atoms with Gasteiger partial charge in [0.05, 0.1) is 0 Å². The number of rotatable bonds is 3. The second-order valence-corrected chi connectivity index (χ2v) is 5.54. The molecular formula is C12H21N5O. The maximum Gasteiger partial charge on any atom is 0.290 e. The third kappa shape index (κ3) is 3.07. The Morgan fingerprint density at radius 2 is 2.17 bits per heavy atom. The molecule has 6 heteroatoms. The molecule has 0 radical (unpaired) electrons. The number of carbonyl (C=O) groups is 1. The zero-order chi connectivity index (χ0) is 13.2. The highest BCUT2D eigenvalue weighted by Crippen LogP contribution is 2.29. The molecular weight excluding hydrogens is 230 g/mol. The van der Waals surface area contributed by atoms with Gasteiger partial charge in [-0.2, -0.15) is 0 Å². The molecule has 0 atom stereocenters. The molecule has 6 nitrogen and oxygen atoms in total. The molecule has 0 unspecified atom stereocenters. The van der Waals surface area contributed by atoms with E-state index in [-0.39, 0.29) is 17.1 Å². The average Bonchev–Trinajstić information content (AvgIpc) is 2.77. The van der Waals surface area contributed by atoms with Gasteiger partial charge in [0.15, 0.2) is 0 Å². The Labute approximate surface area is 107 Å². The number of hydrogen-bond acceptors (Lipinski definition) is 4. The van der Waals surface area contributed by atoms with E-state index in [1.165, 1.54) is 0 Å². The summed E-state index contributed by atoms with van der Waals surface area (Å²) in [6, 6.07) is 0. The van der Waals surface area contributed by atoms with Gasteiger partial charge in [-0.3, -0.25) is 9.89 Å². The minimum absolute atomic E-state index is 0.188. The molecule has 1 aromatic rings. The molecule has 2 N–H and O–H groups in total. The van der Waals surface area contributed by atoms with Gasteiger partial charge in [0.25, 0.3) is 5.91 Å². The van der Waals surface area contributed by atoms with Crippen LogP contribution in [0.3, 0.4) is 0 Å². The topological polar surface area (TPSA) is 73.9 Å². The SMILES string of the molecule is Cc1nc(C(=O)NCC2(C)CCN(C)CC2)n[nH]1. The van der Waals surface area contributed by atoms with Crippen LogP contribution in [0.4, 0.5) is 0 Å². The molecule has 0 spiro atoms. The first kappa shape index (κ1) is 13.0. The van der Waals surface area contributed by atoms with Gasteiger partial charge >= 0.3 is 0 Å². The highest BCUT2D eigenvalue weighted by Gasteiger charge is 2.29. The summed E-state index contributed by atoms with van der Waals surface area (Å²) in [5.41, 5.74) is 0.188. The summed E-state index contributed by atoms with van der Waals surface area (Å²) in [7, 11) is 2.13. The van der Waals surface area contributed by atoms with E-state index in [0.717, 1.165) is 25.9 Å². The quantitative estimate of drug-likeness (QED) is 0.824. The molecule has 2 heterocycles. The highest BCUT2D eigenvalue weighted by atomic mass is 16.2. The van der Waals surface area contributed by atoms with Gasteiger partial charge in [-0.05, 0) is 45.3 Å². The Balaban J connectivity index is 1.86. The fraction of sp³-hybridized carbons (Fsp3) is 0.750. The number of nitrogens with one attached hydrogen (secondary N) is 2. The Bertz CT molecular complexity index is 420. The molecule has 1 aliphatic heterocycles. The van der Waals surface area contributed by atoms with Crippen molar-refractivity contribution in [3.05, 3.63) is 11.6 Å². The van der Waals surface area contributed by atoms with Crippen molar-refractivity contribution in [3.63, 3.8) is 0 Å². The van der Waals surface area contributed by atoms with Gasteiger partial charge < -0.3 is 10.2 Å². The Morgan fingerprint density at radius 1 is 1.50 bits per heavy atom. The molecule has 100 valence electrons. The molecule has 0 aromatic carbocycles. The van der Waals surface area contributed by atoms with Crippen LogP contribution < -0.4 is 5.32 Å². The van der Waals surface area contributed by atoms with Crippen LogP contribution in [0.1, 0.15) is 36.2 Å². The number of amides is 1. The lowest BCUT2D eigenvalue weighted by molar-refractivity contribution is 0.0882. The molecule has 1 fully saturated rings. The standard InChI is InChI=1S/C12H21N5O/c1-9-14-10(16-15-9)11(18)13-8-12(2)4-6-17(3)7-5-12/h4-8H2,1-3H3,(H,13,18)(H,14,15,16). The number of carbonyl (C=O) groups excluding carboxylic acids is 1. The van der Waals surface area contributed by atoms with Crippen LogP contribution in [0.15, 0.2) is 0 Å². The van der Waals surface area contributed by atoms with Crippen molar-refractivity contribution in [2.45, 2.75) is 26.7 Å². The lowest BCUT2D eigenvalue weighted by Crippen LogP contribution is -2.43. The molecule has 1 amide bonds. The van der Waals surface area contributed by atoms with E-state index in [2.05, 4.69) is 39.4 Å². The van der Waals surface area contributed by atoms with Gasteiger partial charge in [0.1, 0.15) is 5.82 Å². The fourth-order valence-corrected chi connectivity index (χ4v) is 2.15. The third-order valence-corrected chi connectivity index (χ3v) is 3.67. The Kier molecular flexibility index (Phi) is 3.65. The number of hydrogen-bond donors (Lipinski definition) is 2. The zero-order valence-corrected chi connectivity index (χ0v) is 11.3. The van der Waals surface area contributed by atoms with Crippen LogP contribution >= 0.6 is 0 Å². The normalized spacial score (nSPS) is 19.7. The molecule has 0 saturated carbocycles. The second kappa shape index (κ2) is 5.06. The maximum absolute atomic E-state index is 11.8. The van der Waals surface area contributed by atoms with Crippen molar-refractivity contribution in [1.29, 1.82) is 0 Å². The summed E-state index contributed by atoms with van der Waals surface area (Å²) >= 11 is 0. The number of aromatic nitrogens is 3. The van der Waals surface area contributed by atoms with Gasteiger partial charge in [-0.25, -0.2) is 4.98 Å². The highest BCUT2D eigenvalue weighted by molar-refractivity contribution is 5.90. The van der Waals surface area contributed by atoms with E-state index in [1.54, 1.807) is 6.92 Å². The second-order valence-electron chi connectivity index (χ2n) is 5.54. The number of piperidine rings is 1. The first-order chi connectivity index (χ1) is 8.48. The van der Waals surface area contributed by atoms with E-state index in [1.807, 2.05) is 0 Å². The summed E-state index contributed by atoms with van der Waals surface area (Å²) in [4.78, 5) is 18.2. The van der Waals surface area contributed by atoms with E-state index in [9.17, 15) is 4.79 Å². The number of aromatic amines is 1. The fourth-order valence-electron chi connectivity index (χ4n) is 2.15. The predicted octanol–water partition coefficient (Wildman–Crippen LogP) is 0.575. The van der Waals surface area contributed by atoms with Crippen molar-refractivity contribution < 1.29 is 4.79 Å². The van der Waals surface area contributed by atoms with Gasteiger partial charge in [-0.15, -0.1) is 5.10 Å². The number of aryl methyl sites for hydroxylation is 1. The smallest absolute Gasteiger partial charge is 0.290 e. The monoisotopic (exact) mass is 251 g/mol. The zero-order valence-electron chi connectivity index (χ0n) is 11.3. The molecule has 0 aliphatic carbocycles. The number of H-pyrrole nitrogens is 1. The summed E-state index contributed by atoms with van der Waals surface area (Å²) in [5, 5.41) is 9.47. The van der Waals surface area contributed by atoms with E-state index < -0.39 is 0 Å². The van der Waals surface area contributed by atoms with Crippen LogP contribution in [0.25, 0.3) is 0 Å². The molecule has 0 bridgehead atoms. The largest absolute Gasteiger partial charge is 0.349 e. The van der Waals surface area contributed by atoms with Crippen LogP contribution in [0, 0.1) is 12.3 Å². The van der Waals surface area contributed by atoms with Crippen molar-refractivity contribution in [2.24, 2.45) is 5.41 Å². The minimum Gasteiger partial charge on any atom is -0.349 e. The molecule has 1 aromatic heterocycles. The van der Waals surface area contributed by atoms with Crippen molar-refractivity contribution in [3.8, 4) is 0 Å². The first-order valence-electron chi connectivity index (χ1n) is 6.34. The molecule has 18 heavy (non-hydrogen) atoms. The van der Waals surface area contributed by atoms with Crippen LogP contribution in [0.2, 0.25) is 0 Å². The molecule has 1 aliphatic rings. The average molecular weight is 251 g/mol. The molecule has 2 rings (SSSR count). The number of likely N-dealkylation sites (tertiary alicyclic amines) is 1.